The van der Waals surface area contributed by atoms with Crippen LogP contribution in [0.15, 0.2) is 85.1 Å². The summed E-state index contributed by atoms with van der Waals surface area (Å²) in [5.74, 6) is -0.0591. The molecule has 0 saturated heterocycles. The fourth-order valence-corrected chi connectivity index (χ4v) is 3.39. The standard InChI is InChI=1S/C29H28O5/c1-4-21-12-14-22(15-13-21)16-17-28(30)23-9-7-10-25(18-23)34-19-24-8-5-6-11-26(24)27(20-32-2)29(31)33-3/h5-18,20H,4,19H2,1-3H3/b17-16+,27-20+. The van der Waals surface area contributed by atoms with Gasteiger partial charge in [0.25, 0.3) is 0 Å². The Morgan fingerprint density at radius 1 is 0.912 bits per heavy atom. The Hall–Kier alpha value is -4.12. The Morgan fingerprint density at radius 2 is 1.68 bits per heavy atom. The molecule has 0 atom stereocenters. The van der Waals surface area contributed by atoms with Crippen LogP contribution in [0.4, 0.5) is 0 Å². The van der Waals surface area contributed by atoms with Gasteiger partial charge >= 0.3 is 5.97 Å². The second-order valence-electron chi connectivity index (χ2n) is 7.53. The molecule has 0 N–H and O–H groups in total. The first-order valence-electron chi connectivity index (χ1n) is 11.0. The van der Waals surface area contributed by atoms with Gasteiger partial charge in [-0.15, -0.1) is 0 Å². The Labute approximate surface area is 200 Å². The van der Waals surface area contributed by atoms with Crippen LogP contribution < -0.4 is 4.74 Å². The molecule has 5 nitrogen and oxygen atoms in total. The zero-order valence-electron chi connectivity index (χ0n) is 19.6. The smallest absolute Gasteiger partial charge is 0.341 e. The van der Waals surface area contributed by atoms with Crippen LogP contribution in [-0.2, 0) is 27.3 Å². The second-order valence-corrected chi connectivity index (χ2v) is 7.53. The molecule has 34 heavy (non-hydrogen) atoms. The van der Waals surface area contributed by atoms with E-state index in [0.717, 1.165) is 17.5 Å². The van der Waals surface area contributed by atoms with E-state index in [1.165, 1.54) is 26.0 Å². The van der Waals surface area contributed by atoms with E-state index in [2.05, 4.69) is 19.1 Å². The lowest BCUT2D eigenvalue weighted by molar-refractivity contribution is -0.133. The van der Waals surface area contributed by atoms with Crippen LogP contribution in [0.5, 0.6) is 5.75 Å². The molecule has 5 heteroatoms. The summed E-state index contributed by atoms with van der Waals surface area (Å²) >= 11 is 0. The van der Waals surface area contributed by atoms with E-state index in [1.807, 2.05) is 36.4 Å². The molecule has 0 fully saturated rings. The largest absolute Gasteiger partial charge is 0.503 e. The van der Waals surface area contributed by atoms with Crippen LogP contribution in [0.3, 0.4) is 0 Å². The summed E-state index contributed by atoms with van der Waals surface area (Å²) in [6.07, 6.45) is 5.70. The van der Waals surface area contributed by atoms with E-state index in [-0.39, 0.29) is 12.4 Å². The van der Waals surface area contributed by atoms with Crippen molar-refractivity contribution >= 4 is 23.4 Å². The first kappa shape index (κ1) is 24.5. The molecule has 0 heterocycles. The highest BCUT2D eigenvalue weighted by Crippen LogP contribution is 2.23. The quantitative estimate of drug-likeness (QED) is 0.165. The van der Waals surface area contributed by atoms with Crippen LogP contribution >= 0.6 is 0 Å². The van der Waals surface area contributed by atoms with Crippen molar-refractivity contribution < 1.29 is 23.8 Å². The normalized spacial score (nSPS) is 11.3. The van der Waals surface area contributed by atoms with Gasteiger partial charge in [-0.1, -0.05) is 73.7 Å². The monoisotopic (exact) mass is 456 g/mol. The molecule has 0 aliphatic rings. The van der Waals surface area contributed by atoms with Gasteiger partial charge in [-0.05, 0) is 46.9 Å². The van der Waals surface area contributed by atoms with E-state index in [9.17, 15) is 9.59 Å². The molecule has 0 bridgehead atoms. The van der Waals surface area contributed by atoms with Crippen molar-refractivity contribution in [1.29, 1.82) is 0 Å². The van der Waals surface area contributed by atoms with Gasteiger partial charge in [0.15, 0.2) is 5.78 Å². The number of allylic oxidation sites excluding steroid dienone is 1. The number of ether oxygens (including phenoxy) is 3. The first-order chi connectivity index (χ1) is 16.5. The van der Waals surface area contributed by atoms with Gasteiger partial charge in [0, 0.05) is 5.56 Å². The molecule has 0 aliphatic carbocycles. The minimum Gasteiger partial charge on any atom is -0.503 e. The Kier molecular flexibility index (Phi) is 8.81. The summed E-state index contributed by atoms with van der Waals surface area (Å²) in [5.41, 5.74) is 4.49. The predicted molar refractivity (Wildman–Crippen MR) is 133 cm³/mol. The fraction of sp³-hybridized carbons (Fsp3) is 0.172. The molecular formula is C29H28O5. The van der Waals surface area contributed by atoms with E-state index in [4.69, 9.17) is 14.2 Å². The van der Waals surface area contributed by atoms with Crippen LogP contribution in [-0.4, -0.2) is 26.0 Å². The van der Waals surface area contributed by atoms with Gasteiger partial charge in [0.05, 0.1) is 20.5 Å². The van der Waals surface area contributed by atoms with Gasteiger partial charge in [-0.3, -0.25) is 4.79 Å². The lowest BCUT2D eigenvalue weighted by atomic mass is 10.0. The predicted octanol–water partition coefficient (Wildman–Crippen LogP) is 5.88. The second kappa shape index (κ2) is 12.2. The maximum atomic E-state index is 12.7. The maximum Gasteiger partial charge on any atom is 0.341 e. The maximum absolute atomic E-state index is 12.7. The Morgan fingerprint density at radius 3 is 2.38 bits per heavy atom. The van der Waals surface area contributed by atoms with Crippen molar-refractivity contribution in [3.05, 3.63) is 113 Å². The van der Waals surface area contributed by atoms with Gasteiger partial charge in [0.1, 0.15) is 17.9 Å². The summed E-state index contributed by atoms with van der Waals surface area (Å²) in [7, 11) is 2.79. The van der Waals surface area contributed by atoms with Crippen molar-refractivity contribution in [3.63, 3.8) is 0 Å². The summed E-state index contributed by atoms with van der Waals surface area (Å²) in [5, 5.41) is 0. The molecule has 3 rings (SSSR count). The van der Waals surface area contributed by atoms with E-state index < -0.39 is 5.97 Å². The average molecular weight is 457 g/mol. The van der Waals surface area contributed by atoms with Crippen molar-refractivity contribution in [2.24, 2.45) is 0 Å². The summed E-state index contributed by atoms with van der Waals surface area (Å²) in [6.45, 7) is 2.31. The third-order valence-electron chi connectivity index (χ3n) is 5.28. The van der Waals surface area contributed by atoms with Crippen LogP contribution in [0.1, 0.15) is 39.5 Å². The minimum atomic E-state index is -0.502. The number of carbonyl (C=O) groups excluding carboxylic acids is 2. The molecule has 174 valence electrons. The number of aryl methyl sites for hydroxylation is 1. The van der Waals surface area contributed by atoms with Crippen molar-refractivity contribution in [2.45, 2.75) is 20.0 Å². The topological polar surface area (TPSA) is 61.8 Å². The zero-order valence-corrected chi connectivity index (χ0v) is 19.6. The lowest BCUT2D eigenvalue weighted by Gasteiger charge is -2.13. The average Bonchev–Trinajstić information content (AvgIpc) is 2.89. The van der Waals surface area contributed by atoms with Crippen molar-refractivity contribution in [2.75, 3.05) is 14.2 Å². The lowest BCUT2D eigenvalue weighted by Crippen LogP contribution is -2.08. The number of hydrogen-bond acceptors (Lipinski definition) is 5. The van der Waals surface area contributed by atoms with Crippen LogP contribution in [0.25, 0.3) is 11.6 Å². The Bertz CT molecular complexity index is 1190. The molecule has 0 spiro atoms. The minimum absolute atomic E-state index is 0.110. The number of hydrogen-bond donors (Lipinski definition) is 0. The highest BCUT2D eigenvalue weighted by Gasteiger charge is 2.17. The summed E-state index contributed by atoms with van der Waals surface area (Å²) in [6, 6.07) is 22.5. The van der Waals surface area contributed by atoms with Crippen molar-refractivity contribution in [3.8, 4) is 5.75 Å². The van der Waals surface area contributed by atoms with E-state index >= 15 is 0 Å². The highest BCUT2D eigenvalue weighted by atomic mass is 16.5. The van der Waals surface area contributed by atoms with Crippen molar-refractivity contribution in [1.82, 2.24) is 0 Å². The molecular weight excluding hydrogens is 428 g/mol. The van der Waals surface area contributed by atoms with Gasteiger partial charge in [-0.25, -0.2) is 4.79 Å². The molecule has 0 unspecified atom stereocenters. The molecule has 0 aromatic heterocycles. The number of benzene rings is 3. The van der Waals surface area contributed by atoms with E-state index in [0.29, 0.717) is 22.4 Å². The summed E-state index contributed by atoms with van der Waals surface area (Å²) < 4.78 is 15.9. The zero-order chi connectivity index (χ0) is 24.3. The third kappa shape index (κ3) is 6.45. The molecule has 0 saturated carbocycles. The van der Waals surface area contributed by atoms with Gasteiger partial charge in [-0.2, -0.15) is 0 Å². The highest BCUT2D eigenvalue weighted by molar-refractivity contribution is 6.16. The van der Waals surface area contributed by atoms with Gasteiger partial charge in [0.2, 0.25) is 0 Å². The first-order valence-corrected chi connectivity index (χ1v) is 11.0. The number of carbonyl (C=O) groups is 2. The van der Waals surface area contributed by atoms with E-state index in [1.54, 1.807) is 36.4 Å². The summed E-state index contributed by atoms with van der Waals surface area (Å²) in [4.78, 5) is 24.9. The molecule has 0 radical (unpaired) electrons. The number of esters is 1. The Balaban J connectivity index is 1.73. The van der Waals surface area contributed by atoms with Crippen LogP contribution in [0.2, 0.25) is 0 Å². The number of ketones is 1. The molecule has 3 aromatic carbocycles. The SMILES string of the molecule is CCc1ccc(/C=C/C(=O)c2cccc(OCc3ccccc3/C(=C\OC)C(=O)OC)c2)cc1. The number of methoxy groups -OCH3 is 2. The van der Waals surface area contributed by atoms with Crippen LogP contribution in [0, 0.1) is 0 Å². The fourth-order valence-electron chi connectivity index (χ4n) is 3.39. The molecule has 0 aliphatic heterocycles. The number of rotatable bonds is 10. The molecule has 3 aromatic rings. The molecule has 0 amide bonds. The van der Waals surface area contributed by atoms with Gasteiger partial charge < -0.3 is 14.2 Å². The third-order valence-corrected chi connectivity index (χ3v) is 5.28.